The quantitative estimate of drug-likeness (QED) is 0.377. The molecule has 158 valence electrons. The summed E-state index contributed by atoms with van der Waals surface area (Å²) in [7, 11) is 0. The second-order valence-corrected chi connectivity index (χ2v) is 8.68. The zero-order valence-corrected chi connectivity index (χ0v) is 18.0. The van der Waals surface area contributed by atoms with Gasteiger partial charge in [-0.2, -0.15) is 5.10 Å². The van der Waals surface area contributed by atoms with Crippen molar-refractivity contribution in [3.8, 4) is 5.69 Å². The van der Waals surface area contributed by atoms with Gasteiger partial charge in [-0.15, -0.1) is 0 Å². The molecule has 2 aromatic heterocycles. The van der Waals surface area contributed by atoms with Gasteiger partial charge in [0.1, 0.15) is 0 Å². The molecule has 4 aromatic rings. The predicted octanol–water partition coefficient (Wildman–Crippen LogP) is 3.82. The molecule has 0 aliphatic rings. The molecule has 1 atom stereocenters. The fourth-order valence-electron chi connectivity index (χ4n) is 2.81. The minimum atomic E-state index is -1.95. The third kappa shape index (κ3) is 4.97. The van der Waals surface area contributed by atoms with Crippen LogP contribution in [0.5, 0.6) is 0 Å². The van der Waals surface area contributed by atoms with Crippen LogP contribution in [0.3, 0.4) is 0 Å². The normalized spacial score (nSPS) is 11.9. The summed E-state index contributed by atoms with van der Waals surface area (Å²) in [4.78, 5) is 29.0. The van der Waals surface area contributed by atoms with Crippen molar-refractivity contribution >= 4 is 61.3 Å². The maximum absolute atomic E-state index is 12.4. The summed E-state index contributed by atoms with van der Waals surface area (Å²) in [5, 5.41) is 9.28. The van der Waals surface area contributed by atoms with Crippen molar-refractivity contribution in [2.75, 3.05) is 5.32 Å². The number of halogens is 1. The van der Waals surface area contributed by atoms with Gasteiger partial charge in [-0.05, 0) is 42.0 Å². The van der Waals surface area contributed by atoms with Crippen LogP contribution in [0.2, 0.25) is 5.02 Å². The molecule has 2 heterocycles. The number of nitrogens with one attached hydrogen (secondary N) is 2. The Morgan fingerprint density at radius 1 is 1.23 bits per heavy atom. The number of anilines is 1. The van der Waals surface area contributed by atoms with E-state index in [1.54, 1.807) is 53.5 Å². The highest BCUT2D eigenvalue weighted by Gasteiger charge is 2.16. The lowest BCUT2D eigenvalue weighted by Crippen LogP contribution is -2.34. The van der Waals surface area contributed by atoms with E-state index in [0.29, 0.717) is 16.8 Å². The van der Waals surface area contributed by atoms with Gasteiger partial charge in [-0.3, -0.25) is 15.4 Å². The summed E-state index contributed by atoms with van der Waals surface area (Å²) in [5.74, 6) is -0.658. The first-order valence-electron chi connectivity index (χ1n) is 8.78. The van der Waals surface area contributed by atoms with Crippen molar-refractivity contribution in [3.05, 3.63) is 71.0 Å². The summed E-state index contributed by atoms with van der Waals surface area (Å²) in [6, 6.07) is 10.9. The Bertz CT molecular complexity index is 1310. The Kier molecular flexibility index (Phi) is 6.09. The molecule has 0 aliphatic heterocycles. The number of aromatic nitrogens is 3. The average molecular weight is 476 g/mol. The second kappa shape index (κ2) is 8.94. The summed E-state index contributed by atoms with van der Waals surface area (Å²) in [6.07, 6.45) is 3.36. The summed E-state index contributed by atoms with van der Waals surface area (Å²) < 4.78 is 22.3. The Balaban J connectivity index is 1.43. The SMILES string of the molecule is O=C(NC(=O)c1ccc(-n2cccn2)cc1Cl)Nc1nc2ccc(CS(=O)O)cc2s1. The molecule has 0 fully saturated rings. The lowest BCUT2D eigenvalue weighted by molar-refractivity contribution is 0.0967. The molecule has 0 spiro atoms. The van der Waals surface area contributed by atoms with E-state index in [2.05, 4.69) is 20.7 Å². The smallest absolute Gasteiger partial charge is 0.306 e. The maximum atomic E-state index is 12.4. The van der Waals surface area contributed by atoms with Gasteiger partial charge >= 0.3 is 6.03 Å². The first-order valence-corrected chi connectivity index (χ1v) is 11.2. The highest BCUT2D eigenvalue weighted by Crippen LogP contribution is 2.27. The number of amides is 3. The fraction of sp³-hybridized carbons (Fsp3) is 0.0526. The first kappa shape index (κ1) is 21.1. The van der Waals surface area contributed by atoms with E-state index in [0.717, 1.165) is 4.70 Å². The minimum absolute atomic E-state index is 0.00549. The highest BCUT2D eigenvalue weighted by molar-refractivity contribution is 7.78. The summed E-state index contributed by atoms with van der Waals surface area (Å²) in [6.45, 7) is 0. The van der Waals surface area contributed by atoms with Gasteiger partial charge in [0.05, 0.1) is 32.2 Å². The minimum Gasteiger partial charge on any atom is -0.306 e. The van der Waals surface area contributed by atoms with Gasteiger partial charge < -0.3 is 4.55 Å². The lowest BCUT2D eigenvalue weighted by atomic mass is 10.2. The third-order valence-corrected chi connectivity index (χ3v) is 5.98. The van der Waals surface area contributed by atoms with Crippen molar-refractivity contribution in [1.29, 1.82) is 0 Å². The number of nitrogens with zero attached hydrogens (tertiary/aromatic N) is 3. The number of benzene rings is 2. The van der Waals surface area contributed by atoms with Crippen LogP contribution in [0.25, 0.3) is 15.9 Å². The molecule has 0 aliphatic carbocycles. The van der Waals surface area contributed by atoms with Crippen LogP contribution in [-0.2, 0) is 16.8 Å². The zero-order chi connectivity index (χ0) is 22.0. The molecular weight excluding hydrogens is 462 g/mol. The first-order chi connectivity index (χ1) is 14.9. The van der Waals surface area contributed by atoms with E-state index in [1.165, 1.54) is 17.4 Å². The number of carbonyl (C=O) groups is 2. The van der Waals surface area contributed by atoms with Crippen LogP contribution in [0, 0.1) is 0 Å². The Hall–Kier alpha value is -3.12. The standard InChI is InChI=1S/C19H14ClN5O4S2/c20-14-9-12(25-7-1-6-21-25)3-4-13(14)17(26)23-18(27)24-19-22-15-5-2-11(10-31(28)29)8-16(15)30-19/h1-9H,10H2,(H,28,29)(H2,22,23,24,26,27). The molecule has 0 saturated carbocycles. The van der Waals surface area contributed by atoms with Gasteiger partial charge in [-0.25, -0.2) is 18.7 Å². The molecule has 4 rings (SSSR count). The number of rotatable bonds is 5. The van der Waals surface area contributed by atoms with E-state index in [9.17, 15) is 13.8 Å². The number of hydrogen-bond donors (Lipinski definition) is 3. The highest BCUT2D eigenvalue weighted by atomic mass is 35.5. The van der Waals surface area contributed by atoms with E-state index in [4.69, 9.17) is 16.2 Å². The zero-order valence-electron chi connectivity index (χ0n) is 15.6. The maximum Gasteiger partial charge on any atom is 0.327 e. The number of hydrogen-bond acceptors (Lipinski definition) is 6. The molecule has 12 heteroatoms. The van der Waals surface area contributed by atoms with Crippen LogP contribution in [0.1, 0.15) is 15.9 Å². The van der Waals surface area contributed by atoms with E-state index in [-0.39, 0.29) is 21.5 Å². The molecular formula is C19H14ClN5O4S2. The van der Waals surface area contributed by atoms with Crippen molar-refractivity contribution in [1.82, 2.24) is 20.1 Å². The molecule has 3 N–H and O–H groups in total. The molecule has 1 unspecified atom stereocenters. The molecule has 9 nitrogen and oxygen atoms in total. The van der Waals surface area contributed by atoms with Crippen LogP contribution >= 0.6 is 22.9 Å². The third-order valence-electron chi connectivity index (χ3n) is 4.16. The van der Waals surface area contributed by atoms with Gasteiger partial charge in [0.15, 0.2) is 16.2 Å². The average Bonchev–Trinajstić information content (AvgIpc) is 3.36. The number of thiazole rings is 1. The van der Waals surface area contributed by atoms with E-state index >= 15 is 0 Å². The van der Waals surface area contributed by atoms with Crippen LogP contribution in [0.4, 0.5) is 9.93 Å². The fourth-order valence-corrected chi connectivity index (χ4v) is 4.46. The van der Waals surface area contributed by atoms with Gasteiger partial charge in [-0.1, -0.05) is 29.0 Å². The molecule has 0 bridgehead atoms. The molecule has 3 amide bonds. The van der Waals surface area contributed by atoms with Crippen LogP contribution in [0.15, 0.2) is 54.9 Å². The number of fused-ring (bicyclic) bond motifs is 1. The van der Waals surface area contributed by atoms with Crippen LogP contribution < -0.4 is 10.6 Å². The number of urea groups is 1. The van der Waals surface area contributed by atoms with Gasteiger partial charge in [0, 0.05) is 12.4 Å². The number of imide groups is 1. The summed E-state index contributed by atoms with van der Waals surface area (Å²) >= 11 is 5.44. The molecule has 31 heavy (non-hydrogen) atoms. The Labute approximate surface area is 187 Å². The Morgan fingerprint density at radius 2 is 2.06 bits per heavy atom. The monoisotopic (exact) mass is 475 g/mol. The Morgan fingerprint density at radius 3 is 2.77 bits per heavy atom. The predicted molar refractivity (Wildman–Crippen MR) is 119 cm³/mol. The van der Waals surface area contributed by atoms with E-state index < -0.39 is 23.0 Å². The van der Waals surface area contributed by atoms with Gasteiger partial charge in [0.25, 0.3) is 5.91 Å². The van der Waals surface area contributed by atoms with Crippen molar-refractivity contribution in [2.24, 2.45) is 0 Å². The topological polar surface area (TPSA) is 126 Å². The van der Waals surface area contributed by atoms with Gasteiger partial charge in [0.2, 0.25) is 0 Å². The second-order valence-electron chi connectivity index (χ2n) is 6.31. The van der Waals surface area contributed by atoms with Crippen molar-refractivity contribution in [3.63, 3.8) is 0 Å². The largest absolute Gasteiger partial charge is 0.327 e. The number of carbonyl (C=O) groups excluding carboxylic acids is 2. The van der Waals surface area contributed by atoms with Crippen molar-refractivity contribution < 1.29 is 18.4 Å². The van der Waals surface area contributed by atoms with Crippen molar-refractivity contribution in [2.45, 2.75) is 5.75 Å². The lowest BCUT2D eigenvalue weighted by Gasteiger charge is -2.08. The molecule has 0 saturated heterocycles. The molecule has 2 aromatic carbocycles. The molecule has 0 radical (unpaired) electrons. The van der Waals surface area contributed by atoms with E-state index in [1.807, 2.05) is 0 Å². The van der Waals surface area contributed by atoms with Crippen LogP contribution in [-0.4, -0.2) is 35.5 Å². The summed E-state index contributed by atoms with van der Waals surface area (Å²) in [5.41, 5.74) is 2.11.